The first-order valence-corrected chi connectivity index (χ1v) is 7.25. The van der Waals surface area contributed by atoms with E-state index in [-0.39, 0.29) is 17.9 Å². The molecule has 0 saturated carbocycles. The van der Waals surface area contributed by atoms with Gasteiger partial charge in [-0.15, -0.1) is 0 Å². The standard InChI is InChI=1S/C15H21ClN2O/c1-11(2)17-15(19)12-6-8-18(9-7-12)14-5-3-4-13(16)10-14/h3-5,10-12H,6-9H2,1-2H3,(H,17,19). The van der Waals surface area contributed by atoms with Crippen LogP contribution in [0, 0.1) is 5.92 Å². The molecule has 104 valence electrons. The van der Waals surface area contributed by atoms with Gasteiger partial charge in [-0.25, -0.2) is 0 Å². The topological polar surface area (TPSA) is 32.3 Å². The van der Waals surface area contributed by atoms with E-state index in [0.29, 0.717) is 0 Å². The first kappa shape index (κ1) is 14.2. The van der Waals surface area contributed by atoms with Crippen molar-refractivity contribution in [2.75, 3.05) is 18.0 Å². The Hall–Kier alpha value is -1.22. The molecule has 1 saturated heterocycles. The number of benzene rings is 1. The second-order valence-corrected chi connectivity index (χ2v) is 5.84. The Kier molecular flexibility index (Phi) is 4.70. The number of hydrogen-bond donors (Lipinski definition) is 1. The number of nitrogens with zero attached hydrogens (tertiary/aromatic N) is 1. The van der Waals surface area contributed by atoms with Crippen molar-refractivity contribution in [3.8, 4) is 0 Å². The van der Waals surface area contributed by atoms with Gasteiger partial charge in [-0.05, 0) is 44.9 Å². The SMILES string of the molecule is CC(C)NC(=O)C1CCN(c2cccc(Cl)c2)CC1. The van der Waals surface area contributed by atoms with E-state index in [1.165, 1.54) is 0 Å². The zero-order valence-electron chi connectivity index (χ0n) is 11.5. The molecule has 0 bridgehead atoms. The third-order valence-electron chi connectivity index (χ3n) is 3.47. The van der Waals surface area contributed by atoms with Gasteiger partial charge in [0.15, 0.2) is 0 Å². The molecule has 0 aliphatic carbocycles. The van der Waals surface area contributed by atoms with Gasteiger partial charge in [-0.3, -0.25) is 4.79 Å². The van der Waals surface area contributed by atoms with Crippen molar-refractivity contribution in [2.24, 2.45) is 5.92 Å². The number of hydrogen-bond acceptors (Lipinski definition) is 2. The second-order valence-electron chi connectivity index (χ2n) is 5.40. The molecule has 0 aromatic heterocycles. The maximum atomic E-state index is 12.0. The Labute approximate surface area is 119 Å². The van der Waals surface area contributed by atoms with Gasteiger partial charge in [-0.1, -0.05) is 17.7 Å². The monoisotopic (exact) mass is 280 g/mol. The van der Waals surface area contributed by atoms with Gasteiger partial charge in [0, 0.05) is 35.8 Å². The highest BCUT2D eigenvalue weighted by molar-refractivity contribution is 6.30. The third kappa shape index (κ3) is 3.87. The minimum Gasteiger partial charge on any atom is -0.371 e. The number of rotatable bonds is 3. The lowest BCUT2D eigenvalue weighted by Gasteiger charge is -2.33. The smallest absolute Gasteiger partial charge is 0.223 e. The van der Waals surface area contributed by atoms with Crippen LogP contribution in [0.3, 0.4) is 0 Å². The highest BCUT2D eigenvalue weighted by Crippen LogP contribution is 2.25. The Morgan fingerprint density at radius 1 is 1.37 bits per heavy atom. The fraction of sp³-hybridized carbons (Fsp3) is 0.533. The van der Waals surface area contributed by atoms with E-state index in [1.54, 1.807) is 0 Å². The number of anilines is 1. The van der Waals surface area contributed by atoms with Crippen LogP contribution in [0.5, 0.6) is 0 Å². The molecular formula is C15H21ClN2O. The molecule has 3 nitrogen and oxygen atoms in total. The van der Waals surface area contributed by atoms with E-state index in [2.05, 4.69) is 16.3 Å². The number of piperidine rings is 1. The van der Waals surface area contributed by atoms with Crippen molar-refractivity contribution in [1.82, 2.24) is 5.32 Å². The van der Waals surface area contributed by atoms with Crippen LogP contribution in [-0.4, -0.2) is 25.0 Å². The predicted octanol–water partition coefficient (Wildman–Crippen LogP) is 3.08. The van der Waals surface area contributed by atoms with Crippen LogP contribution in [0.15, 0.2) is 24.3 Å². The molecule has 0 unspecified atom stereocenters. The van der Waals surface area contributed by atoms with E-state index in [1.807, 2.05) is 32.0 Å². The molecule has 1 fully saturated rings. The first-order valence-electron chi connectivity index (χ1n) is 6.87. The summed E-state index contributed by atoms with van der Waals surface area (Å²) in [5, 5.41) is 3.76. The van der Waals surface area contributed by atoms with E-state index in [4.69, 9.17) is 11.6 Å². The normalized spacial score (nSPS) is 16.7. The van der Waals surface area contributed by atoms with E-state index in [9.17, 15) is 4.79 Å². The van der Waals surface area contributed by atoms with Gasteiger partial charge in [0.2, 0.25) is 5.91 Å². The molecule has 0 atom stereocenters. The number of nitrogens with one attached hydrogen (secondary N) is 1. The van der Waals surface area contributed by atoms with E-state index in [0.717, 1.165) is 36.6 Å². The van der Waals surface area contributed by atoms with Crippen molar-refractivity contribution in [3.05, 3.63) is 29.3 Å². The summed E-state index contributed by atoms with van der Waals surface area (Å²) in [6, 6.07) is 8.12. The van der Waals surface area contributed by atoms with Crippen molar-refractivity contribution in [3.63, 3.8) is 0 Å². The van der Waals surface area contributed by atoms with Crippen molar-refractivity contribution < 1.29 is 4.79 Å². The number of carbonyl (C=O) groups excluding carboxylic acids is 1. The van der Waals surface area contributed by atoms with Gasteiger partial charge in [0.25, 0.3) is 0 Å². The van der Waals surface area contributed by atoms with Crippen LogP contribution in [-0.2, 0) is 4.79 Å². The number of amides is 1. The summed E-state index contributed by atoms with van der Waals surface area (Å²) in [5.41, 5.74) is 1.15. The second kappa shape index (κ2) is 6.29. The first-order chi connectivity index (χ1) is 9.06. The summed E-state index contributed by atoms with van der Waals surface area (Å²) in [4.78, 5) is 14.3. The average Bonchev–Trinajstić information content (AvgIpc) is 2.38. The maximum absolute atomic E-state index is 12.0. The van der Waals surface area contributed by atoms with Crippen LogP contribution < -0.4 is 10.2 Å². The summed E-state index contributed by atoms with van der Waals surface area (Å²) >= 11 is 6.01. The highest BCUT2D eigenvalue weighted by Gasteiger charge is 2.25. The van der Waals surface area contributed by atoms with E-state index < -0.39 is 0 Å². The molecule has 19 heavy (non-hydrogen) atoms. The van der Waals surface area contributed by atoms with Crippen LogP contribution in [0.25, 0.3) is 0 Å². The van der Waals surface area contributed by atoms with Crippen molar-refractivity contribution >= 4 is 23.2 Å². The van der Waals surface area contributed by atoms with E-state index >= 15 is 0 Å². The molecule has 0 spiro atoms. The minimum absolute atomic E-state index is 0.151. The average molecular weight is 281 g/mol. The fourth-order valence-corrected chi connectivity index (χ4v) is 2.66. The quantitative estimate of drug-likeness (QED) is 0.923. The largest absolute Gasteiger partial charge is 0.371 e. The Balaban J connectivity index is 1.90. The summed E-state index contributed by atoms with van der Waals surface area (Å²) in [5.74, 6) is 0.346. The molecule has 4 heteroatoms. The number of halogens is 1. The molecule has 1 aliphatic rings. The van der Waals surface area contributed by atoms with Gasteiger partial charge < -0.3 is 10.2 Å². The van der Waals surface area contributed by atoms with Crippen molar-refractivity contribution in [1.29, 1.82) is 0 Å². The molecule has 1 aliphatic heterocycles. The minimum atomic E-state index is 0.151. The number of carbonyl (C=O) groups is 1. The molecule has 1 N–H and O–H groups in total. The third-order valence-corrected chi connectivity index (χ3v) is 3.71. The van der Waals surface area contributed by atoms with Gasteiger partial charge in [0.05, 0.1) is 0 Å². The molecule has 1 amide bonds. The Bertz CT molecular complexity index is 440. The molecule has 2 rings (SSSR count). The summed E-state index contributed by atoms with van der Waals surface area (Å²) in [7, 11) is 0. The van der Waals surface area contributed by atoms with Crippen LogP contribution in [0.4, 0.5) is 5.69 Å². The zero-order valence-corrected chi connectivity index (χ0v) is 12.3. The molecule has 1 heterocycles. The zero-order chi connectivity index (χ0) is 13.8. The Morgan fingerprint density at radius 3 is 2.63 bits per heavy atom. The van der Waals surface area contributed by atoms with Gasteiger partial charge in [0.1, 0.15) is 0 Å². The van der Waals surface area contributed by atoms with Crippen LogP contribution in [0.2, 0.25) is 5.02 Å². The summed E-state index contributed by atoms with van der Waals surface area (Å²) in [6.07, 6.45) is 1.82. The molecular weight excluding hydrogens is 260 g/mol. The fourth-order valence-electron chi connectivity index (χ4n) is 2.48. The Morgan fingerprint density at radius 2 is 2.05 bits per heavy atom. The molecule has 0 radical (unpaired) electrons. The maximum Gasteiger partial charge on any atom is 0.223 e. The molecule has 1 aromatic carbocycles. The molecule has 1 aromatic rings. The van der Waals surface area contributed by atoms with Gasteiger partial charge in [-0.2, -0.15) is 0 Å². The van der Waals surface area contributed by atoms with Crippen LogP contribution >= 0.6 is 11.6 Å². The lowest BCUT2D eigenvalue weighted by molar-refractivity contribution is -0.126. The lowest BCUT2D eigenvalue weighted by atomic mass is 9.95. The lowest BCUT2D eigenvalue weighted by Crippen LogP contribution is -2.42. The highest BCUT2D eigenvalue weighted by atomic mass is 35.5. The summed E-state index contributed by atoms with van der Waals surface area (Å²) < 4.78 is 0. The van der Waals surface area contributed by atoms with Crippen molar-refractivity contribution in [2.45, 2.75) is 32.7 Å². The van der Waals surface area contributed by atoms with Gasteiger partial charge >= 0.3 is 0 Å². The predicted molar refractivity (Wildman–Crippen MR) is 79.7 cm³/mol. The summed E-state index contributed by atoms with van der Waals surface area (Å²) in [6.45, 7) is 5.82. The van der Waals surface area contributed by atoms with Crippen LogP contribution in [0.1, 0.15) is 26.7 Å².